The molecule has 16 heteroatoms. The number of nitrogens with one attached hydrogen (secondary N) is 2. The van der Waals surface area contributed by atoms with Crippen LogP contribution < -0.4 is 14.8 Å². The molecule has 4 rings (SSSR count). The van der Waals surface area contributed by atoms with Gasteiger partial charge in [0.2, 0.25) is 18.3 Å². The van der Waals surface area contributed by atoms with E-state index in [0.717, 1.165) is 43.2 Å². The van der Waals surface area contributed by atoms with E-state index < -0.39 is 66.6 Å². The maximum atomic E-state index is 12.7. The van der Waals surface area contributed by atoms with E-state index in [1.165, 1.54) is 6.92 Å². The van der Waals surface area contributed by atoms with Crippen LogP contribution in [0, 0.1) is 12.3 Å². The van der Waals surface area contributed by atoms with Gasteiger partial charge in [-0.3, -0.25) is 29.1 Å². The highest BCUT2D eigenvalue weighted by molar-refractivity contribution is 5.76. The minimum Gasteiger partial charge on any atom is -0.494 e. The molecule has 5 atom stereocenters. The Hall–Kier alpha value is -5.48. The smallest absolute Gasteiger partial charge is 0.313 e. The van der Waals surface area contributed by atoms with Crippen molar-refractivity contribution in [1.29, 1.82) is 0 Å². The van der Waals surface area contributed by atoms with Crippen LogP contribution in [0.2, 0.25) is 0 Å². The maximum absolute atomic E-state index is 12.7. The molecule has 0 saturated carbocycles. The lowest BCUT2D eigenvalue weighted by Crippen LogP contribution is -2.63. The van der Waals surface area contributed by atoms with Crippen LogP contribution in [0.5, 0.6) is 11.6 Å². The Morgan fingerprint density at radius 2 is 1.53 bits per heavy atom. The van der Waals surface area contributed by atoms with Gasteiger partial charge in [-0.15, -0.1) is 5.10 Å². The molecule has 0 aliphatic carbocycles. The number of aromatic nitrogens is 2. The molecule has 1 unspecified atom stereocenters. The van der Waals surface area contributed by atoms with Gasteiger partial charge in [-0.2, -0.15) is 0 Å². The molecule has 2 aromatic carbocycles. The Bertz CT molecular complexity index is 1890. The molecule has 59 heavy (non-hydrogen) atoms. The molecule has 0 radical (unpaired) electrons. The molecule has 1 fully saturated rings. The summed E-state index contributed by atoms with van der Waals surface area (Å²) in [5, 5.41) is 10.8. The minimum atomic E-state index is -1.44. The number of nitrogens with zero attached hydrogens (tertiary/aromatic N) is 1. The number of rotatable bonds is 20. The van der Waals surface area contributed by atoms with Crippen molar-refractivity contribution in [2.45, 2.75) is 118 Å². The Kier molecular flexibility index (Phi) is 16.8. The zero-order valence-corrected chi connectivity index (χ0v) is 35.3. The monoisotopic (exact) mass is 823 g/mol. The van der Waals surface area contributed by atoms with E-state index in [2.05, 4.69) is 15.5 Å². The second kappa shape index (κ2) is 21.5. The number of hydrogen-bond donors (Lipinski definition) is 2. The molecule has 1 aliphatic rings. The molecule has 2 N–H and O–H groups in total. The Labute approximate surface area is 344 Å². The summed E-state index contributed by atoms with van der Waals surface area (Å²) < 4.78 is 45.9. The average molecular weight is 824 g/mol. The first kappa shape index (κ1) is 46.2. The summed E-state index contributed by atoms with van der Waals surface area (Å²) in [5.41, 5.74) is 3.63. The summed E-state index contributed by atoms with van der Waals surface area (Å²) in [6.45, 7) is 15.7. The van der Waals surface area contributed by atoms with E-state index in [-0.39, 0.29) is 24.4 Å². The second-order valence-electron chi connectivity index (χ2n) is 15.4. The normalized spacial score (nSPS) is 19.1. The van der Waals surface area contributed by atoms with Crippen molar-refractivity contribution in [2.75, 3.05) is 26.3 Å². The van der Waals surface area contributed by atoms with Crippen LogP contribution in [-0.4, -0.2) is 97.1 Å². The summed E-state index contributed by atoms with van der Waals surface area (Å²) >= 11 is 0. The minimum absolute atomic E-state index is 0.00715. The quantitative estimate of drug-likeness (QED) is 0.0874. The van der Waals surface area contributed by atoms with Crippen LogP contribution in [-0.2, 0) is 65.4 Å². The fourth-order valence-corrected chi connectivity index (χ4v) is 6.43. The van der Waals surface area contributed by atoms with Gasteiger partial charge in [-0.1, -0.05) is 50.2 Å². The Balaban J connectivity index is 1.43. The van der Waals surface area contributed by atoms with Crippen molar-refractivity contribution in [2.24, 2.45) is 5.41 Å². The summed E-state index contributed by atoms with van der Waals surface area (Å²) in [6.07, 6.45) is -5.66. The number of benzene rings is 2. The lowest BCUT2D eigenvalue weighted by Gasteiger charge is -2.43. The maximum Gasteiger partial charge on any atom is 0.313 e. The Morgan fingerprint density at radius 1 is 0.864 bits per heavy atom. The van der Waals surface area contributed by atoms with Gasteiger partial charge in [0, 0.05) is 51.9 Å². The first-order valence-corrected chi connectivity index (χ1v) is 19.6. The number of H-pyrrole nitrogens is 1. The molecule has 1 saturated heterocycles. The molecule has 0 amide bonds. The van der Waals surface area contributed by atoms with E-state index in [1.54, 1.807) is 0 Å². The SMILES string of the molecule is CC(=O)OC[C@H]1OC(Oc2n[nH]c(C(C)C)c2Cc2ccc(OCCCNCC(C)(C)C(=O)OCc3ccccc3)cc2C)[C@H](OC(C)=O)[C@@H](OC(C)=O)[C@@H]1OC(C)=O. The molecule has 0 bridgehead atoms. The standard InChI is InChI=1S/C43H57N3O13/c1-25(2)36-34(21-32-16-17-33(20-26(32)3)52-19-13-18-44-24-43(8,9)42(51)54-22-31-14-11-10-12-15-31)40(46-45-36)59-41-39(57-30(7)50)38(56-29(6)49)37(55-28(5)48)35(58-41)23-53-27(4)47/h10-12,14-17,20,25,35,37-39,41,44H,13,18-19,21-24H2,1-9H3,(H,45,46)/t35-,37-,38+,39-,41?/m1/s1. The zero-order valence-electron chi connectivity index (χ0n) is 35.3. The van der Waals surface area contributed by atoms with Crippen molar-refractivity contribution >= 4 is 29.8 Å². The highest BCUT2D eigenvalue weighted by Crippen LogP contribution is 2.35. The number of aryl methyl sites for hydroxylation is 1. The van der Waals surface area contributed by atoms with Crippen molar-refractivity contribution in [3.8, 4) is 11.6 Å². The molecular formula is C43H57N3O13. The number of aromatic amines is 1. The summed E-state index contributed by atoms with van der Waals surface area (Å²) in [5.74, 6) is -2.31. The molecule has 322 valence electrons. The molecule has 1 aromatic heterocycles. The van der Waals surface area contributed by atoms with Gasteiger partial charge in [0.05, 0.1) is 12.0 Å². The third-order valence-electron chi connectivity index (χ3n) is 9.39. The highest BCUT2D eigenvalue weighted by Gasteiger charge is 2.53. The van der Waals surface area contributed by atoms with E-state index in [4.69, 9.17) is 37.9 Å². The van der Waals surface area contributed by atoms with Crippen molar-refractivity contribution < 1.29 is 61.9 Å². The fraction of sp³-hybridized carbons (Fsp3) is 0.535. The molecule has 16 nitrogen and oxygen atoms in total. The molecule has 2 heterocycles. The van der Waals surface area contributed by atoms with Gasteiger partial charge >= 0.3 is 29.8 Å². The average Bonchev–Trinajstić information content (AvgIpc) is 3.56. The van der Waals surface area contributed by atoms with Gasteiger partial charge in [0.15, 0.2) is 12.2 Å². The highest BCUT2D eigenvalue weighted by atomic mass is 16.7. The molecular weight excluding hydrogens is 766 g/mol. The van der Waals surface area contributed by atoms with Gasteiger partial charge in [0.25, 0.3) is 0 Å². The van der Waals surface area contributed by atoms with Crippen LogP contribution in [0.3, 0.4) is 0 Å². The zero-order chi connectivity index (χ0) is 43.3. The van der Waals surface area contributed by atoms with Crippen molar-refractivity contribution in [3.05, 3.63) is 76.5 Å². The van der Waals surface area contributed by atoms with E-state index in [1.807, 2.05) is 83.1 Å². The topological polar surface area (TPSA) is 200 Å². The van der Waals surface area contributed by atoms with Crippen LogP contribution in [0.4, 0.5) is 0 Å². The van der Waals surface area contributed by atoms with Gasteiger partial charge in [-0.25, -0.2) is 0 Å². The summed E-state index contributed by atoms with van der Waals surface area (Å²) in [7, 11) is 0. The number of carbonyl (C=O) groups is 5. The lowest BCUT2D eigenvalue weighted by molar-refractivity contribution is -0.289. The van der Waals surface area contributed by atoms with Crippen molar-refractivity contribution in [3.63, 3.8) is 0 Å². The lowest BCUT2D eigenvalue weighted by atomic mass is 9.93. The first-order valence-electron chi connectivity index (χ1n) is 19.6. The number of hydrogen-bond acceptors (Lipinski definition) is 15. The van der Waals surface area contributed by atoms with Crippen LogP contribution in [0.15, 0.2) is 48.5 Å². The van der Waals surface area contributed by atoms with E-state index >= 15 is 0 Å². The predicted molar refractivity (Wildman–Crippen MR) is 212 cm³/mol. The molecule has 3 aromatic rings. The summed E-state index contributed by atoms with van der Waals surface area (Å²) in [6, 6.07) is 15.4. The number of ether oxygens (including phenoxy) is 8. The van der Waals surface area contributed by atoms with Gasteiger partial charge < -0.3 is 43.2 Å². The second-order valence-corrected chi connectivity index (χ2v) is 15.4. The molecule has 0 spiro atoms. The number of carbonyl (C=O) groups excluding carboxylic acids is 5. The third kappa shape index (κ3) is 13.8. The van der Waals surface area contributed by atoms with E-state index in [9.17, 15) is 24.0 Å². The molecule has 1 aliphatic heterocycles. The predicted octanol–water partition coefficient (Wildman–Crippen LogP) is 5.02. The van der Waals surface area contributed by atoms with E-state index in [0.29, 0.717) is 43.9 Å². The van der Waals surface area contributed by atoms with Gasteiger partial charge in [0.1, 0.15) is 25.1 Å². The van der Waals surface area contributed by atoms with Crippen LogP contribution in [0.1, 0.15) is 95.7 Å². The Morgan fingerprint density at radius 3 is 2.15 bits per heavy atom. The third-order valence-corrected chi connectivity index (χ3v) is 9.39. The van der Waals surface area contributed by atoms with Crippen molar-refractivity contribution in [1.82, 2.24) is 15.5 Å². The fourth-order valence-electron chi connectivity index (χ4n) is 6.43. The van der Waals surface area contributed by atoms with Crippen LogP contribution >= 0.6 is 0 Å². The summed E-state index contributed by atoms with van der Waals surface area (Å²) in [4.78, 5) is 61.3. The first-order chi connectivity index (χ1) is 27.9. The van der Waals surface area contributed by atoms with Gasteiger partial charge in [-0.05, 0) is 68.5 Å². The van der Waals surface area contributed by atoms with Crippen LogP contribution in [0.25, 0.3) is 0 Å². The largest absolute Gasteiger partial charge is 0.494 e. The number of esters is 5.